The van der Waals surface area contributed by atoms with Gasteiger partial charge in [0.05, 0.1) is 0 Å². The molecule has 0 aromatic carbocycles. The van der Waals surface area contributed by atoms with Gasteiger partial charge in [-0.1, -0.05) is 0 Å². The second-order valence-electron chi connectivity index (χ2n) is 6.64. The van der Waals surface area contributed by atoms with E-state index in [9.17, 15) is 4.79 Å². The minimum atomic E-state index is 0.143. The van der Waals surface area contributed by atoms with Crippen LogP contribution in [0.25, 0.3) is 0 Å². The van der Waals surface area contributed by atoms with Gasteiger partial charge >= 0.3 is 0 Å². The van der Waals surface area contributed by atoms with Crippen LogP contribution in [0.4, 0.5) is 5.82 Å². The lowest BCUT2D eigenvalue weighted by atomic mass is 9.92. The lowest BCUT2D eigenvalue weighted by Gasteiger charge is -2.40. The van der Waals surface area contributed by atoms with Crippen LogP contribution in [0.5, 0.6) is 0 Å². The van der Waals surface area contributed by atoms with Gasteiger partial charge in [0.15, 0.2) is 0 Å². The average Bonchev–Trinajstić information content (AvgIpc) is 2.62. The van der Waals surface area contributed by atoms with Gasteiger partial charge in [-0.25, -0.2) is 4.98 Å². The first-order valence-corrected chi connectivity index (χ1v) is 8.71. The van der Waals surface area contributed by atoms with Crippen molar-refractivity contribution >= 4 is 11.7 Å². The molecule has 2 aromatic heterocycles. The molecule has 24 heavy (non-hydrogen) atoms. The van der Waals surface area contributed by atoms with E-state index in [0.29, 0.717) is 5.92 Å². The largest absolute Gasteiger partial charge is 0.355 e. The summed E-state index contributed by atoms with van der Waals surface area (Å²) in [4.78, 5) is 25.4. The zero-order valence-electron chi connectivity index (χ0n) is 13.8. The number of hydrogen-bond donors (Lipinski definition) is 0. The lowest BCUT2D eigenvalue weighted by molar-refractivity contribution is 0.0724. The van der Waals surface area contributed by atoms with Crippen molar-refractivity contribution < 1.29 is 4.79 Å². The maximum absolute atomic E-state index is 12.6. The van der Waals surface area contributed by atoms with Crippen molar-refractivity contribution in [3.05, 3.63) is 54.0 Å². The molecule has 2 saturated heterocycles. The van der Waals surface area contributed by atoms with Crippen LogP contribution < -0.4 is 4.90 Å². The van der Waals surface area contributed by atoms with Crippen LogP contribution in [-0.4, -0.2) is 47.0 Å². The Morgan fingerprint density at radius 1 is 1.00 bits per heavy atom. The fraction of sp³-hybridized carbons (Fsp3) is 0.421. The third-order valence-electron chi connectivity index (χ3n) is 5.02. The summed E-state index contributed by atoms with van der Waals surface area (Å²) in [6.45, 7) is 3.64. The summed E-state index contributed by atoms with van der Waals surface area (Å²) in [5, 5.41) is 0. The molecule has 0 atom stereocenters. The number of anilines is 1. The van der Waals surface area contributed by atoms with E-state index in [4.69, 9.17) is 0 Å². The van der Waals surface area contributed by atoms with E-state index in [1.807, 2.05) is 29.4 Å². The molecule has 0 bridgehead atoms. The highest BCUT2D eigenvalue weighted by atomic mass is 16.2. The number of hydrogen-bond acceptors (Lipinski definition) is 4. The third-order valence-corrected chi connectivity index (χ3v) is 5.02. The van der Waals surface area contributed by atoms with Crippen LogP contribution in [0.2, 0.25) is 0 Å². The monoisotopic (exact) mass is 322 g/mol. The molecule has 0 radical (unpaired) electrons. The molecule has 124 valence electrons. The molecule has 2 fully saturated rings. The maximum atomic E-state index is 12.6. The SMILES string of the molecule is O=C(c1ccnc(N2CC(c3ccncc3)C2)c1)N1CCCCC1. The van der Waals surface area contributed by atoms with E-state index < -0.39 is 0 Å². The van der Waals surface area contributed by atoms with Crippen LogP contribution in [0.1, 0.15) is 41.1 Å². The van der Waals surface area contributed by atoms with E-state index in [1.165, 1.54) is 12.0 Å². The molecule has 0 saturated carbocycles. The van der Waals surface area contributed by atoms with Crippen molar-refractivity contribution in [2.45, 2.75) is 25.2 Å². The van der Waals surface area contributed by atoms with E-state index in [-0.39, 0.29) is 5.91 Å². The predicted molar refractivity (Wildman–Crippen MR) is 93.2 cm³/mol. The van der Waals surface area contributed by atoms with Gasteiger partial charge in [-0.15, -0.1) is 0 Å². The van der Waals surface area contributed by atoms with Gasteiger partial charge in [-0.2, -0.15) is 0 Å². The Hall–Kier alpha value is -2.43. The summed E-state index contributed by atoms with van der Waals surface area (Å²) in [7, 11) is 0. The average molecular weight is 322 g/mol. The van der Waals surface area contributed by atoms with Crippen molar-refractivity contribution in [3.63, 3.8) is 0 Å². The highest BCUT2D eigenvalue weighted by molar-refractivity contribution is 5.95. The molecule has 2 aromatic rings. The molecule has 1 amide bonds. The van der Waals surface area contributed by atoms with Gasteiger partial charge in [0.25, 0.3) is 5.91 Å². The van der Waals surface area contributed by atoms with Crippen LogP contribution in [0.3, 0.4) is 0 Å². The Labute approximate surface area is 142 Å². The van der Waals surface area contributed by atoms with Gasteiger partial charge in [0.2, 0.25) is 0 Å². The minimum Gasteiger partial charge on any atom is -0.355 e. The Bertz CT molecular complexity index is 706. The van der Waals surface area contributed by atoms with Gasteiger partial charge in [-0.3, -0.25) is 9.78 Å². The summed E-state index contributed by atoms with van der Waals surface area (Å²) in [6, 6.07) is 7.93. The van der Waals surface area contributed by atoms with Crippen molar-refractivity contribution in [1.82, 2.24) is 14.9 Å². The van der Waals surface area contributed by atoms with E-state index in [0.717, 1.165) is 50.4 Å². The molecule has 0 N–H and O–H groups in total. The minimum absolute atomic E-state index is 0.143. The van der Waals surface area contributed by atoms with Gasteiger partial charge < -0.3 is 9.80 Å². The van der Waals surface area contributed by atoms with Crippen LogP contribution >= 0.6 is 0 Å². The summed E-state index contributed by atoms with van der Waals surface area (Å²) in [6.07, 6.45) is 8.90. The normalized spacial score (nSPS) is 18.3. The van der Waals surface area contributed by atoms with Crippen LogP contribution in [0.15, 0.2) is 42.9 Å². The van der Waals surface area contributed by atoms with Gasteiger partial charge in [-0.05, 0) is 49.1 Å². The van der Waals surface area contributed by atoms with Crippen molar-refractivity contribution in [1.29, 1.82) is 0 Å². The van der Waals surface area contributed by atoms with Gasteiger partial charge in [0.1, 0.15) is 5.82 Å². The smallest absolute Gasteiger partial charge is 0.254 e. The topological polar surface area (TPSA) is 49.3 Å². The molecular weight excluding hydrogens is 300 g/mol. The second-order valence-corrected chi connectivity index (χ2v) is 6.64. The first-order valence-electron chi connectivity index (χ1n) is 8.71. The summed E-state index contributed by atoms with van der Waals surface area (Å²) >= 11 is 0. The lowest BCUT2D eigenvalue weighted by Crippen LogP contribution is -2.45. The standard InChI is InChI=1S/C19H22N4O/c24-19(22-10-2-1-3-11-22)16-6-9-21-18(12-16)23-13-17(14-23)15-4-7-20-8-5-15/h4-9,12,17H,1-3,10-11,13-14H2. The fourth-order valence-electron chi connectivity index (χ4n) is 3.52. The summed E-state index contributed by atoms with van der Waals surface area (Å²) < 4.78 is 0. The Morgan fingerprint density at radius 2 is 1.75 bits per heavy atom. The Kier molecular flexibility index (Phi) is 4.15. The molecule has 4 rings (SSSR count). The Morgan fingerprint density at radius 3 is 2.50 bits per heavy atom. The molecular formula is C19H22N4O. The number of rotatable bonds is 3. The van der Waals surface area contributed by atoms with Crippen molar-refractivity contribution in [2.75, 3.05) is 31.1 Å². The second kappa shape index (κ2) is 6.59. The molecule has 0 spiro atoms. The van der Waals surface area contributed by atoms with E-state index >= 15 is 0 Å². The number of nitrogens with zero attached hydrogens (tertiary/aromatic N) is 4. The third kappa shape index (κ3) is 2.98. The first kappa shape index (κ1) is 15.1. The molecule has 0 unspecified atom stereocenters. The van der Waals surface area contributed by atoms with Crippen LogP contribution in [0, 0.1) is 0 Å². The van der Waals surface area contributed by atoms with E-state index in [2.05, 4.69) is 27.0 Å². The highest BCUT2D eigenvalue weighted by Crippen LogP contribution is 2.30. The van der Waals surface area contributed by atoms with Crippen molar-refractivity contribution in [2.24, 2.45) is 0 Å². The van der Waals surface area contributed by atoms with Crippen LogP contribution in [-0.2, 0) is 0 Å². The van der Waals surface area contributed by atoms with Crippen molar-refractivity contribution in [3.8, 4) is 0 Å². The number of carbonyl (C=O) groups is 1. The maximum Gasteiger partial charge on any atom is 0.254 e. The molecule has 2 aliphatic rings. The molecule has 5 heteroatoms. The molecule has 5 nitrogen and oxygen atoms in total. The molecule has 0 aliphatic carbocycles. The number of pyridine rings is 2. The highest BCUT2D eigenvalue weighted by Gasteiger charge is 2.29. The van der Waals surface area contributed by atoms with Gasteiger partial charge in [0, 0.05) is 56.3 Å². The quantitative estimate of drug-likeness (QED) is 0.872. The molecule has 2 aliphatic heterocycles. The number of carbonyl (C=O) groups excluding carboxylic acids is 1. The number of amides is 1. The number of likely N-dealkylation sites (tertiary alicyclic amines) is 1. The number of piperidine rings is 1. The Balaban J connectivity index is 1.43. The zero-order chi connectivity index (χ0) is 16.4. The molecule has 4 heterocycles. The predicted octanol–water partition coefficient (Wildman–Crippen LogP) is 2.71. The number of aromatic nitrogens is 2. The summed E-state index contributed by atoms with van der Waals surface area (Å²) in [5.41, 5.74) is 2.08. The zero-order valence-corrected chi connectivity index (χ0v) is 13.8. The van der Waals surface area contributed by atoms with E-state index in [1.54, 1.807) is 6.20 Å². The fourth-order valence-corrected chi connectivity index (χ4v) is 3.52. The summed E-state index contributed by atoms with van der Waals surface area (Å²) in [5.74, 6) is 1.57. The first-order chi connectivity index (χ1) is 11.8.